The lowest BCUT2D eigenvalue weighted by atomic mass is 10.0. The molecule has 0 spiro atoms. The fourth-order valence-electron chi connectivity index (χ4n) is 2.69. The first-order valence-corrected chi connectivity index (χ1v) is 7.87. The van der Waals surface area contributed by atoms with Gasteiger partial charge in [0.2, 0.25) is 5.91 Å². The van der Waals surface area contributed by atoms with Crippen molar-refractivity contribution in [1.82, 2.24) is 4.57 Å². The van der Waals surface area contributed by atoms with Crippen LogP contribution in [0.1, 0.15) is 18.0 Å². The van der Waals surface area contributed by atoms with Gasteiger partial charge in [-0.1, -0.05) is 30.3 Å². The molecule has 0 aliphatic heterocycles. The van der Waals surface area contributed by atoms with Crippen LogP contribution in [-0.2, 0) is 4.79 Å². The van der Waals surface area contributed by atoms with Crippen molar-refractivity contribution in [2.45, 2.75) is 12.5 Å². The maximum Gasteiger partial charge on any atom is 0.226 e. The molecule has 1 amide bonds. The second-order valence-corrected chi connectivity index (χ2v) is 5.54. The molecule has 1 unspecified atom stereocenters. The van der Waals surface area contributed by atoms with E-state index in [4.69, 9.17) is 4.74 Å². The minimum atomic E-state index is -0.0605. The monoisotopic (exact) mass is 320 g/mol. The molecular formula is C20H20N2O2. The van der Waals surface area contributed by atoms with Crippen molar-refractivity contribution in [2.75, 3.05) is 12.4 Å². The molecule has 1 heterocycles. The van der Waals surface area contributed by atoms with Gasteiger partial charge in [-0.25, -0.2) is 0 Å². The number of amides is 1. The highest BCUT2D eigenvalue weighted by Gasteiger charge is 2.17. The summed E-state index contributed by atoms with van der Waals surface area (Å²) in [5.41, 5.74) is 1.87. The largest absolute Gasteiger partial charge is 0.497 e. The van der Waals surface area contributed by atoms with Gasteiger partial charge >= 0.3 is 0 Å². The molecule has 0 aliphatic rings. The first-order chi connectivity index (χ1) is 11.8. The van der Waals surface area contributed by atoms with Crippen molar-refractivity contribution in [3.05, 3.63) is 84.7 Å². The Morgan fingerprint density at radius 2 is 1.67 bits per heavy atom. The maximum absolute atomic E-state index is 12.5. The summed E-state index contributed by atoms with van der Waals surface area (Å²) in [7, 11) is 1.64. The van der Waals surface area contributed by atoms with Gasteiger partial charge in [0.05, 0.1) is 19.6 Å². The van der Waals surface area contributed by atoms with Crippen molar-refractivity contribution < 1.29 is 9.53 Å². The van der Waals surface area contributed by atoms with Gasteiger partial charge in [0.25, 0.3) is 0 Å². The van der Waals surface area contributed by atoms with E-state index in [-0.39, 0.29) is 11.9 Å². The van der Waals surface area contributed by atoms with Crippen LogP contribution in [0.3, 0.4) is 0 Å². The minimum absolute atomic E-state index is 0.0179. The molecule has 3 rings (SSSR count). The van der Waals surface area contributed by atoms with E-state index in [9.17, 15) is 4.79 Å². The van der Waals surface area contributed by atoms with Crippen molar-refractivity contribution >= 4 is 11.6 Å². The van der Waals surface area contributed by atoms with E-state index < -0.39 is 0 Å². The third-order valence-corrected chi connectivity index (χ3v) is 3.92. The summed E-state index contributed by atoms with van der Waals surface area (Å²) in [5, 5.41) is 2.95. The first-order valence-electron chi connectivity index (χ1n) is 7.87. The Labute approximate surface area is 141 Å². The van der Waals surface area contributed by atoms with Crippen LogP contribution in [0.4, 0.5) is 5.69 Å². The molecule has 1 N–H and O–H groups in total. The van der Waals surface area contributed by atoms with Crippen LogP contribution in [0.2, 0.25) is 0 Å². The molecule has 24 heavy (non-hydrogen) atoms. The highest BCUT2D eigenvalue weighted by atomic mass is 16.5. The van der Waals surface area contributed by atoms with Gasteiger partial charge in [0, 0.05) is 18.1 Å². The number of nitrogens with one attached hydrogen (secondary N) is 1. The van der Waals surface area contributed by atoms with Gasteiger partial charge in [-0.05, 0) is 42.0 Å². The lowest BCUT2D eigenvalue weighted by molar-refractivity contribution is -0.116. The number of methoxy groups -OCH3 is 1. The van der Waals surface area contributed by atoms with E-state index >= 15 is 0 Å². The van der Waals surface area contributed by atoms with Gasteiger partial charge in [0.15, 0.2) is 0 Å². The van der Waals surface area contributed by atoms with Crippen LogP contribution >= 0.6 is 0 Å². The normalized spacial score (nSPS) is 11.7. The van der Waals surface area contributed by atoms with E-state index in [0.29, 0.717) is 6.42 Å². The zero-order valence-corrected chi connectivity index (χ0v) is 13.6. The van der Waals surface area contributed by atoms with Crippen LogP contribution in [-0.4, -0.2) is 17.6 Å². The molecule has 3 aromatic rings. The molecule has 0 saturated heterocycles. The van der Waals surface area contributed by atoms with E-state index in [1.807, 2.05) is 83.7 Å². The quantitative estimate of drug-likeness (QED) is 0.742. The minimum Gasteiger partial charge on any atom is -0.497 e. The number of benzene rings is 2. The topological polar surface area (TPSA) is 43.3 Å². The fourth-order valence-corrected chi connectivity index (χ4v) is 2.69. The lowest BCUT2D eigenvalue weighted by Gasteiger charge is -2.19. The first kappa shape index (κ1) is 15.9. The second kappa shape index (κ2) is 7.51. The molecule has 0 fully saturated rings. The zero-order chi connectivity index (χ0) is 16.8. The highest BCUT2D eigenvalue weighted by Crippen LogP contribution is 2.25. The second-order valence-electron chi connectivity index (χ2n) is 5.54. The molecular weight excluding hydrogens is 300 g/mol. The maximum atomic E-state index is 12.5. The molecule has 2 aromatic carbocycles. The summed E-state index contributed by atoms with van der Waals surface area (Å²) >= 11 is 0. The highest BCUT2D eigenvalue weighted by molar-refractivity contribution is 5.91. The Balaban J connectivity index is 1.79. The fraction of sp³-hybridized carbons (Fsp3) is 0.150. The van der Waals surface area contributed by atoms with Gasteiger partial charge in [0.1, 0.15) is 5.75 Å². The number of para-hydroxylation sites is 1. The molecule has 0 saturated carbocycles. The van der Waals surface area contributed by atoms with Gasteiger partial charge in [-0.2, -0.15) is 0 Å². The number of aromatic nitrogens is 1. The van der Waals surface area contributed by atoms with Crippen molar-refractivity contribution in [3.63, 3.8) is 0 Å². The van der Waals surface area contributed by atoms with E-state index in [1.165, 1.54) is 0 Å². The predicted molar refractivity (Wildman–Crippen MR) is 95.3 cm³/mol. The zero-order valence-electron chi connectivity index (χ0n) is 13.6. The molecule has 0 bridgehead atoms. The van der Waals surface area contributed by atoms with E-state index in [1.54, 1.807) is 7.11 Å². The molecule has 1 atom stereocenters. The lowest BCUT2D eigenvalue weighted by Crippen LogP contribution is -2.19. The number of nitrogens with zero attached hydrogens (tertiary/aromatic N) is 1. The Morgan fingerprint density at radius 1 is 1.00 bits per heavy atom. The Kier molecular flexibility index (Phi) is 4.96. The van der Waals surface area contributed by atoms with Gasteiger partial charge in [-0.15, -0.1) is 0 Å². The third-order valence-electron chi connectivity index (χ3n) is 3.92. The number of hydrogen-bond donors (Lipinski definition) is 1. The van der Waals surface area contributed by atoms with Crippen LogP contribution in [0, 0.1) is 0 Å². The molecule has 1 aromatic heterocycles. The number of ether oxygens (including phenoxy) is 1. The van der Waals surface area contributed by atoms with E-state index in [2.05, 4.69) is 5.32 Å². The van der Waals surface area contributed by atoms with E-state index in [0.717, 1.165) is 17.0 Å². The van der Waals surface area contributed by atoms with Gasteiger partial charge in [-0.3, -0.25) is 4.79 Å². The molecule has 4 heteroatoms. The Bertz CT molecular complexity index is 765. The number of anilines is 1. The van der Waals surface area contributed by atoms with Crippen LogP contribution < -0.4 is 10.1 Å². The summed E-state index contributed by atoms with van der Waals surface area (Å²) in [6.45, 7) is 0. The Morgan fingerprint density at radius 3 is 2.29 bits per heavy atom. The smallest absolute Gasteiger partial charge is 0.226 e. The summed E-state index contributed by atoms with van der Waals surface area (Å²) in [4.78, 5) is 12.5. The average Bonchev–Trinajstić information content (AvgIpc) is 3.15. The number of hydrogen-bond acceptors (Lipinski definition) is 2. The third kappa shape index (κ3) is 3.84. The summed E-state index contributed by atoms with van der Waals surface area (Å²) in [6, 6.07) is 21.2. The molecule has 4 nitrogen and oxygen atoms in total. The molecule has 122 valence electrons. The van der Waals surface area contributed by atoms with Crippen molar-refractivity contribution in [3.8, 4) is 5.75 Å². The summed E-state index contributed by atoms with van der Waals surface area (Å²) in [6.07, 6.45) is 4.31. The molecule has 0 aliphatic carbocycles. The summed E-state index contributed by atoms with van der Waals surface area (Å²) in [5.74, 6) is 0.787. The van der Waals surface area contributed by atoms with Crippen molar-refractivity contribution in [1.29, 1.82) is 0 Å². The van der Waals surface area contributed by atoms with Crippen LogP contribution in [0.25, 0.3) is 0 Å². The number of carbonyl (C=O) groups excluding carboxylic acids is 1. The predicted octanol–water partition coefficient (Wildman–Crippen LogP) is 4.11. The van der Waals surface area contributed by atoms with Crippen LogP contribution in [0.15, 0.2) is 79.1 Å². The van der Waals surface area contributed by atoms with Gasteiger partial charge < -0.3 is 14.6 Å². The standard InChI is InChI=1S/C20H20N2O2/c1-24-18-11-9-16(10-12-18)19(22-13-5-6-14-22)15-20(23)21-17-7-3-2-4-8-17/h2-14,19H,15H2,1H3,(H,21,23). The summed E-state index contributed by atoms with van der Waals surface area (Å²) < 4.78 is 7.26. The SMILES string of the molecule is COc1ccc(C(CC(=O)Nc2ccccc2)n2cccc2)cc1. The number of carbonyl (C=O) groups is 1. The average molecular weight is 320 g/mol. The Hall–Kier alpha value is -3.01. The number of rotatable bonds is 6. The van der Waals surface area contributed by atoms with Crippen LogP contribution in [0.5, 0.6) is 5.75 Å². The molecule has 0 radical (unpaired) electrons. The van der Waals surface area contributed by atoms with Crippen molar-refractivity contribution in [2.24, 2.45) is 0 Å².